The number of aromatic amines is 1. The molecule has 0 atom stereocenters. The van der Waals surface area contributed by atoms with Gasteiger partial charge in [0.15, 0.2) is 0 Å². The van der Waals surface area contributed by atoms with E-state index in [0.29, 0.717) is 0 Å². The number of imidazole rings is 1. The van der Waals surface area contributed by atoms with Gasteiger partial charge in [0.1, 0.15) is 5.82 Å². The topological polar surface area (TPSA) is 53.6 Å². The van der Waals surface area contributed by atoms with Crippen LogP contribution in [0.3, 0.4) is 0 Å². The number of aryl methyl sites for hydroxylation is 2. The highest BCUT2D eigenvalue weighted by atomic mass is 14.9. The lowest BCUT2D eigenvalue weighted by atomic mass is 10.1. The second kappa shape index (κ2) is 5.40. The number of aromatic nitrogens is 3. The summed E-state index contributed by atoms with van der Waals surface area (Å²) in [4.78, 5) is 12.3. The molecule has 106 valence electrons. The number of benzene rings is 1. The zero-order chi connectivity index (χ0) is 14.8. The molecule has 0 radical (unpaired) electrons. The van der Waals surface area contributed by atoms with Crippen molar-refractivity contribution in [3.8, 4) is 22.6 Å². The van der Waals surface area contributed by atoms with E-state index in [1.54, 1.807) is 6.20 Å². The number of H-pyrrole nitrogens is 1. The molecule has 3 aromatic rings. The first kappa shape index (κ1) is 13.4. The quantitative estimate of drug-likeness (QED) is 0.766. The van der Waals surface area contributed by atoms with Crippen molar-refractivity contribution in [1.82, 2.24) is 15.0 Å². The number of rotatable bonds is 3. The van der Waals surface area contributed by atoms with Gasteiger partial charge in [-0.3, -0.25) is 4.98 Å². The Kier molecular flexibility index (Phi) is 3.44. The van der Waals surface area contributed by atoms with E-state index in [1.807, 2.05) is 32.3 Å². The fourth-order valence-corrected chi connectivity index (χ4v) is 2.46. The molecule has 0 aliphatic carbocycles. The Bertz CT molecular complexity index is 760. The lowest BCUT2D eigenvalue weighted by Gasteiger charge is -2.06. The van der Waals surface area contributed by atoms with Gasteiger partial charge in [0.2, 0.25) is 0 Å². The Hall–Kier alpha value is -2.62. The zero-order valence-electron chi connectivity index (χ0n) is 12.4. The Morgan fingerprint density at radius 3 is 2.67 bits per heavy atom. The summed E-state index contributed by atoms with van der Waals surface area (Å²) >= 11 is 0. The van der Waals surface area contributed by atoms with Gasteiger partial charge in [0, 0.05) is 36.3 Å². The van der Waals surface area contributed by atoms with Crippen molar-refractivity contribution in [2.45, 2.75) is 13.8 Å². The molecule has 3 rings (SSSR count). The number of hydrogen-bond donors (Lipinski definition) is 2. The third-order valence-corrected chi connectivity index (χ3v) is 3.61. The van der Waals surface area contributed by atoms with Crippen molar-refractivity contribution in [3.05, 3.63) is 54.0 Å². The molecular formula is C17H18N4. The summed E-state index contributed by atoms with van der Waals surface area (Å²) in [5, 5.41) is 3.15. The fraction of sp³-hybridized carbons (Fsp3) is 0.176. The van der Waals surface area contributed by atoms with Crippen molar-refractivity contribution in [2.24, 2.45) is 0 Å². The van der Waals surface area contributed by atoms with Crippen LogP contribution in [0.1, 0.15) is 11.3 Å². The molecule has 2 aromatic heterocycles. The van der Waals surface area contributed by atoms with Crippen LogP contribution in [0.15, 0.2) is 42.7 Å². The minimum Gasteiger partial charge on any atom is -0.388 e. The van der Waals surface area contributed by atoms with Gasteiger partial charge in [-0.25, -0.2) is 4.98 Å². The van der Waals surface area contributed by atoms with Gasteiger partial charge in [0.25, 0.3) is 0 Å². The van der Waals surface area contributed by atoms with Gasteiger partial charge in [0.05, 0.1) is 11.4 Å². The van der Waals surface area contributed by atoms with E-state index in [-0.39, 0.29) is 0 Å². The summed E-state index contributed by atoms with van der Waals surface area (Å²) in [7, 11) is 1.92. The number of nitrogens with zero attached hydrogens (tertiary/aromatic N) is 2. The Balaban J connectivity index is 2.05. The molecular weight excluding hydrogens is 260 g/mol. The van der Waals surface area contributed by atoms with E-state index < -0.39 is 0 Å². The monoisotopic (exact) mass is 278 g/mol. The van der Waals surface area contributed by atoms with Gasteiger partial charge in [-0.2, -0.15) is 0 Å². The van der Waals surface area contributed by atoms with E-state index in [2.05, 4.69) is 45.4 Å². The van der Waals surface area contributed by atoms with Gasteiger partial charge in [-0.1, -0.05) is 0 Å². The molecule has 0 saturated carbocycles. The third kappa shape index (κ3) is 2.52. The van der Waals surface area contributed by atoms with E-state index in [9.17, 15) is 0 Å². The van der Waals surface area contributed by atoms with Crippen molar-refractivity contribution >= 4 is 5.69 Å². The predicted molar refractivity (Wildman–Crippen MR) is 86.3 cm³/mol. The molecule has 2 N–H and O–H groups in total. The number of hydrogen-bond acceptors (Lipinski definition) is 3. The Morgan fingerprint density at radius 2 is 2.00 bits per heavy atom. The molecule has 2 heterocycles. The van der Waals surface area contributed by atoms with Crippen molar-refractivity contribution in [3.63, 3.8) is 0 Å². The first-order valence-corrected chi connectivity index (χ1v) is 6.95. The van der Waals surface area contributed by atoms with Gasteiger partial charge in [-0.05, 0) is 49.7 Å². The van der Waals surface area contributed by atoms with E-state index >= 15 is 0 Å². The van der Waals surface area contributed by atoms with E-state index in [4.69, 9.17) is 0 Å². The smallest absolute Gasteiger partial charge is 0.138 e. The average Bonchev–Trinajstić information content (AvgIpc) is 2.89. The lowest BCUT2D eigenvalue weighted by Crippen LogP contribution is -1.91. The number of pyridine rings is 1. The van der Waals surface area contributed by atoms with Gasteiger partial charge in [-0.15, -0.1) is 0 Å². The van der Waals surface area contributed by atoms with Crippen LogP contribution < -0.4 is 5.32 Å². The molecule has 0 fully saturated rings. The minimum atomic E-state index is 0.895. The molecule has 4 heteroatoms. The highest BCUT2D eigenvalue weighted by molar-refractivity contribution is 5.70. The summed E-state index contributed by atoms with van der Waals surface area (Å²) in [6.45, 7) is 4.11. The van der Waals surface area contributed by atoms with Gasteiger partial charge >= 0.3 is 0 Å². The summed E-state index contributed by atoms with van der Waals surface area (Å²) in [5.74, 6) is 0.895. The van der Waals surface area contributed by atoms with Crippen LogP contribution in [-0.2, 0) is 0 Å². The summed E-state index contributed by atoms with van der Waals surface area (Å²) in [6, 6.07) is 10.2. The highest BCUT2D eigenvalue weighted by Gasteiger charge is 2.12. The van der Waals surface area contributed by atoms with Crippen LogP contribution in [0.25, 0.3) is 22.6 Å². The molecule has 0 saturated heterocycles. The first-order valence-electron chi connectivity index (χ1n) is 6.95. The maximum absolute atomic E-state index is 4.67. The van der Waals surface area contributed by atoms with Crippen LogP contribution in [0.2, 0.25) is 0 Å². The molecule has 1 aromatic carbocycles. The highest BCUT2D eigenvalue weighted by Crippen LogP contribution is 2.28. The summed E-state index contributed by atoms with van der Waals surface area (Å²) in [6.07, 6.45) is 3.62. The third-order valence-electron chi connectivity index (χ3n) is 3.61. The second-order valence-corrected chi connectivity index (χ2v) is 5.07. The SMILES string of the molecule is CNc1ccc(-c2nc(C)c(-c3cccnc3)[nH]2)c(C)c1. The summed E-state index contributed by atoms with van der Waals surface area (Å²) < 4.78 is 0. The normalized spacial score (nSPS) is 10.6. The Labute approximate surface area is 124 Å². The largest absolute Gasteiger partial charge is 0.388 e. The maximum atomic E-state index is 4.67. The molecule has 0 aliphatic heterocycles. The molecule has 0 spiro atoms. The number of nitrogens with one attached hydrogen (secondary N) is 2. The number of anilines is 1. The zero-order valence-corrected chi connectivity index (χ0v) is 12.4. The fourth-order valence-electron chi connectivity index (χ4n) is 2.46. The van der Waals surface area contributed by atoms with Crippen molar-refractivity contribution < 1.29 is 0 Å². The summed E-state index contributed by atoms with van der Waals surface area (Å²) in [5.41, 5.74) is 6.47. The van der Waals surface area contributed by atoms with Crippen LogP contribution in [0.4, 0.5) is 5.69 Å². The molecule has 4 nitrogen and oxygen atoms in total. The average molecular weight is 278 g/mol. The van der Waals surface area contributed by atoms with Crippen LogP contribution in [-0.4, -0.2) is 22.0 Å². The maximum Gasteiger partial charge on any atom is 0.138 e. The van der Waals surface area contributed by atoms with Crippen molar-refractivity contribution in [2.75, 3.05) is 12.4 Å². The lowest BCUT2D eigenvalue weighted by molar-refractivity contribution is 1.24. The van der Waals surface area contributed by atoms with Crippen molar-refractivity contribution in [1.29, 1.82) is 0 Å². The molecule has 0 bridgehead atoms. The molecule has 21 heavy (non-hydrogen) atoms. The van der Waals surface area contributed by atoms with E-state index in [1.165, 1.54) is 5.56 Å². The molecule has 0 amide bonds. The molecule has 0 unspecified atom stereocenters. The van der Waals surface area contributed by atoms with Crippen LogP contribution in [0, 0.1) is 13.8 Å². The molecule has 0 aliphatic rings. The minimum absolute atomic E-state index is 0.895. The Morgan fingerprint density at radius 1 is 1.14 bits per heavy atom. The van der Waals surface area contributed by atoms with Crippen LogP contribution >= 0.6 is 0 Å². The van der Waals surface area contributed by atoms with Crippen LogP contribution in [0.5, 0.6) is 0 Å². The second-order valence-electron chi connectivity index (χ2n) is 5.07. The van der Waals surface area contributed by atoms with E-state index in [0.717, 1.165) is 34.0 Å². The van der Waals surface area contributed by atoms with Gasteiger partial charge < -0.3 is 10.3 Å². The predicted octanol–water partition coefficient (Wildman–Crippen LogP) is 3.80. The first-order chi connectivity index (χ1) is 10.2. The standard InChI is InChI=1S/C17H18N4/c1-11-9-14(18-3)6-7-15(11)17-20-12(2)16(21-17)13-5-4-8-19-10-13/h4-10,18H,1-3H3,(H,20,21).